The maximum Gasteiger partial charge on any atom is 0.232 e. The molecule has 1 heterocycles. The summed E-state index contributed by atoms with van der Waals surface area (Å²) in [4.78, 5) is 14.0. The lowest BCUT2D eigenvalue weighted by Gasteiger charge is -2.33. The van der Waals surface area contributed by atoms with Gasteiger partial charge < -0.3 is 19.5 Å². The van der Waals surface area contributed by atoms with E-state index < -0.39 is 11.5 Å². The second-order valence-corrected chi connectivity index (χ2v) is 8.35. The minimum atomic E-state index is -0.585. The molecule has 5 nitrogen and oxygen atoms in total. The predicted molar refractivity (Wildman–Crippen MR) is 125 cm³/mol. The summed E-state index contributed by atoms with van der Waals surface area (Å²) in [5.74, 6) is 7.39. The Morgan fingerprint density at radius 1 is 1.29 bits per heavy atom. The van der Waals surface area contributed by atoms with E-state index in [1.54, 1.807) is 18.9 Å². The van der Waals surface area contributed by atoms with E-state index in [1.165, 1.54) is 0 Å². The number of hydrogen-bond acceptors (Lipinski definition) is 5. The molecular weight excluding hydrogens is 410 g/mol. The number of carbonyl (C=O) groups excluding carboxylic acids is 1. The molecular formula is C25H29NO4S. The van der Waals surface area contributed by atoms with E-state index in [0.717, 1.165) is 11.1 Å². The van der Waals surface area contributed by atoms with Crippen LogP contribution < -0.4 is 9.47 Å². The Labute approximate surface area is 189 Å². The molecule has 0 radical (unpaired) electrons. The van der Waals surface area contributed by atoms with Gasteiger partial charge in [0.25, 0.3) is 0 Å². The molecule has 1 amide bonds. The van der Waals surface area contributed by atoms with Crippen LogP contribution in [0.5, 0.6) is 11.5 Å². The molecule has 3 atom stereocenters. The van der Waals surface area contributed by atoms with Gasteiger partial charge in [0.1, 0.15) is 6.61 Å². The fraction of sp³-hybridized carbons (Fsp3) is 0.400. The highest BCUT2D eigenvalue weighted by Gasteiger charge is 2.48. The highest BCUT2D eigenvalue weighted by molar-refractivity contribution is 7.81. The maximum absolute atomic E-state index is 12.3. The van der Waals surface area contributed by atoms with Gasteiger partial charge in [-0.25, -0.2) is 0 Å². The summed E-state index contributed by atoms with van der Waals surface area (Å²) in [6.07, 6.45) is -0.585. The molecule has 1 N–H and O–H groups in total. The zero-order chi connectivity index (χ0) is 22.4. The van der Waals surface area contributed by atoms with Crippen molar-refractivity contribution in [1.29, 1.82) is 0 Å². The minimum Gasteiger partial charge on any atom is -0.493 e. The second-order valence-electron chi connectivity index (χ2n) is 8.03. The molecule has 1 fully saturated rings. The maximum atomic E-state index is 12.3. The van der Waals surface area contributed by atoms with E-state index in [1.807, 2.05) is 55.5 Å². The lowest BCUT2D eigenvalue weighted by atomic mass is 9.72. The van der Waals surface area contributed by atoms with Crippen LogP contribution in [0.1, 0.15) is 30.9 Å². The summed E-state index contributed by atoms with van der Waals surface area (Å²) in [6.45, 7) is 5.03. The lowest BCUT2D eigenvalue weighted by Crippen LogP contribution is -2.38. The number of nitrogens with zero attached hydrogens (tertiary/aromatic N) is 1. The number of aliphatic hydroxyl groups is 1. The molecule has 164 valence electrons. The minimum absolute atomic E-state index is 0.0288. The van der Waals surface area contributed by atoms with Crippen molar-refractivity contribution in [1.82, 2.24) is 4.90 Å². The Hall–Kier alpha value is -2.62. The topological polar surface area (TPSA) is 59.0 Å². The van der Waals surface area contributed by atoms with Crippen LogP contribution in [0.4, 0.5) is 0 Å². The molecule has 31 heavy (non-hydrogen) atoms. The summed E-state index contributed by atoms with van der Waals surface area (Å²) in [6, 6.07) is 15.5. The molecule has 1 aliphatic heterocycles. The van der Waals surface area contributed by atoms with Gasteiger partial charge in [-0.3, -0.25) is 4.79 Å². The van der Waals surface area contributed by atoms with Crippen LogP contribution in [-0.2, 0) is 4.79 Å². The van der Waals surface area contributed by atoms with Crippen molar-refractivity contribution >= 4 is 18.5 Å². The number of ether oxygens (including phenoxy) is 2. The number of methoxy groups -OCH3 is 1. The van der Waals surface area contributed by atoms with Crippen LogP contribution in [0, 0.1) is 17.3 Å². The molecule has 1 saturated heterocycles. The first-order valence-corrected chi connectivity index (χ1v) is 10.9. The number of benzene rings is 2. The third kappa shape index (κ3) is 5.17. The van der Waals surface area contributed by atoms with Crippen LogP contribution >= 0.6 is 12.6 Å². The van der Waals surface area contributed by atoms with Gasteiger partial charge in [0, 0.05) is 30.0 Å². The molecule has 0 aromatic heterocycles. The van der Waals surface area contributed by atoms with E-state index >= 15 is 0 Å². The summed E-state index contributed by atoms with van der Waals surface area (Å²) < 4.78 is 11.4. The number of hydrogen-bond donors (Lipinski definition) is 2. The highest BCUT2D eigenvalue weighted by Crippen LogP contribution is 2.46. The Morgan fingerprint density at radius 3 is 2.68 bits per heavy atom. The number of rotatable bonds is 6. The average molecular weight is 440 g/mol. The summed E-state index contributed by atoms with van der Waals surface area (Å²) in [7, 11) is 1.60. The van der Waals surface area contributed by atoms with Crippen LogP contribution in [-0.4, -0.2) is 54.6 Å². The van der Waals surface area contributed by atoms with E-state index in [0.29, 0.717) is 24.6 Å². The zero-order valence-electron chi connectivity index (χ0n) is 18.2. The monoisotopic (exact) mass is 439 g/mol. The van der Waals surface area contributed by atoms with Crippen molar-refractivity contribution in [2.45, 2.75) is 25.9 Å². The molecule has 3 unspecified atom stereocenters. The number of likely N-dealkylation sites (tertiary alicyclic amines) is 1. The molecule has 0 bridgehead atoms. The first-order chi connectivity index (χ1) is 14.9. The zero-order valence-corrected chi connectivity index (χ0v) is 19.1. The first kappa shape index (κ1) is 23.1. The number of aliphatic hydroxyl groups excluding tert-OH is 1. The summed E-state index contributed by atoms with van der Waals surface area (Å²) in [5.41, 5.74) is 1.45. The summed E-state index contributed by atoms with van der Waals surface area (Å²) >= 11 is 4.13. The number of amides is 1. The molecule has 3 rings (SSSR count). The van der Waals surface area contributed by atoms with Crippen molar-refractivity contribution in [3.8, 4) is 23.3 Å². The standard InChI is InChI=1S/C25H29NO4S/c1-18(27)25(2)17-26(24(28)16-31)15-21(25)20-11-12-22(29-3)23(14-20)30-13-7-10-19-8-5-4-6-9-19/h4-6,8-9,11-12,14,18,21,27,31H,13,15-17H2,1-3H3. The molecule has 2 aromatic rings. The fourth-order valence-corrected chi connectivity index (χ4v) is 4.21. The number of carbonyl (C=O) groups is 1. The average Bonchev–Trinajstić information content (AvgIpc) is 3.15. The van der Waals surface area contributed by atoms with E-state index in [2.05, 4.69) is 24.5 Å². The van der Waals surface area contributed by atoms with E-state index in [9.17, 15) is 9.90 Å². The first-order valence-electron chi connectivity index (χ1n) is 10.3. The molecule has 1 aliphatic rings. The van der Waals surface area contributed by atoms with Crippen LogP contribution in [0.25, 0.3) is 0 Å². The highest BCUT2D eigenvalue weighted by atomic mass is 32.1. The van der Waals surface area contributed by atoms with Gasteiger partial charge in [0.2, 0.25) is 5.91 Å². The van der Waals surface area contributed by atoms with Gasteiger partial charge in [-0.1, -0.05) is 43.0 Å². The second kappa shape index (κ2) is 10.1. The molecule has 0 aliphatic carbocycles. The third-order valence-electron chi connectivity index (χ3n) is 6.07. The van der Waals surface area contributed by atoms with Gasteiger partial charge in [0.15, 0.2) is 11.5 Å². The largest absolute Gasteiger partial charge is 0.493 e. The van der Waals surface area contributed by atoms with Gasteiger partial charge in [-0.2, -0.15) is 12.6 Å². The summed E-state index contributed by atoms with van der Waals surface area (Å²) in [5, 5.41) is 10.5. The van der Waals surface area contributed by atoms with Crippen LogP contribution in [0.2, 0.25) is 0 Å². The Morgan fingerprint density at radius 2 is 2.03 bits per heavy atom. The normalized spacial score (nSPS) is 21.2. The van der Waals surface area contributed by atoms with Gasteiger partial charge in [-0.15, -0.1) is 0 Å². The van der Waals surface area contributed by atoms with Crippen molar-refractivity contribution in [3.63, 3.8) is 0 Å². The molecule has 0 spiro atoms. The quantitative estimate of drug-likeness (QED) is 0.535. The Bertz CT molecular complexity index is 966. The van der Waals surface area contributed by atoms with Crippen molar-refractivity contribution in [2.75, 3.05) is 32.6 Å². The molecule has 2 aromatic carbocycles. The molecule has 0 saturated carbocycles. The molecule has 6 heteroatoms. The van der Waals surface area contributed by atoms with E-state index in [-0.39, 0.29) is 24.2 Å². The lowest BCUT2D eigenvalue weighted by molar-refractivity contribution is -0.127. The Kier molecular flexibility index (Phi) is 7.53. The SMILES string of the molecule is COc1ccc(C2CN(C(=O)CS)CC2(C)C(C)O)cc1OCC#Cc1ccccc1. The fourth-order valence-electron chi connectivity index (χ4n) is 4.01. The van der Waals surface area contributed by atoms with Crippen molar-refractivity contribution in [2.24, 2.45) is 5.41 Å². The van der Waals surface area contributed by atoms with Gasteiger partial charge in [-0.05, 0) is 36.8 Å². The smallest absolute Gasteiger partial charge is 0.232 e. The van der Waals surface area contributed by atoms with Crippen molar-refractivity contribution in [3.05, 3.63) is 59.7 Å². The third-order valence-corrected chi connectivity index (χ3v) is 6.34. The predicted octanol–water partition coefficient (Wildman–Crippen LogP) is 3.37. The van der Waals surface area contributed by atoms with Gasteiger partial charge >= 0.3 is 0 Å². The van der Waals surface area contributed by atoms with Crippen LogP contribution in [0.15, 0.2) is 48.5 Å². The Balaban J connectivity index is 1.83. The number of thiol groups is 1. The van der Waals surface area contributed by atoms with Gasteiger partial charge in [0.05, 0.1) is 19.0 Å². The van der Waals surface area contributed by atoms with Crippen LogP contribution in [0.3, 0.4) is 0 Å². The van der Waals surface area contributed by atoms with E-state index in [4.69, 9.17) is 9.47 Å². The van der Waals surface area contributed by atoms with Crippen molar-refractivity contribution < 1.29 is 19.4 Å².